The normalized spacial score (nSPS) is 37.0. The average molecular weight is 136 g/mol. The summed E-state index contributed by atoms with van der Waals surface area (Å²) in [6.07, 6.45) is 0. The smallest absolute Gasteiger partial charge is 0.132 e. The minimum atomic E-state index is -2.43. The molecule has 0 bridgehead atoms. The maximum absolute atomic E-state index is 9.88. The molecule has 1 fully saturated rings. The van der Waals surface area contributed by atoms with Crippen molar-refractivity contribution < 1.29 is 14.1 Å². The summed E-state index contributed by atoms with van der Waals surface area (Å²) in [4.78, 5) is 8.13. The van der Waals surface area contributed by atoms with Crippen molar-refractivity contribution in [3.63, 3.8) is 0 Å². The van der Waals surface area contributed by atoms with E-state index in [2.05, 4.69) is 4.62 Å². The van der Waals surface area contributed by atoms with Crippen LogP contribution in [0, 0.1) is 0 Å². The molecule has 0 aromatic carbocycles. The van der Waals surface area contributed by atoms with Gasteiger partial charge in [0, 0.05) is 11.1 Å². The van der Waals surface area contributed by atoms with E-state index in [9.17, 15) is 4.57 Å². The van der Waals surface area contributed by atoms with Gasteiger partial charge in [0.1, 0.15) is 0 Å². The molecule has 1 aliphatic heterocycles. The minimum absolute atomic E-state index is 0.320. The zero-order chi connectivity index (χ0) is 6.15. The molecule has 1 aliphatic rings. The molecule has 4 nitrogen and oxygen atoms in total. The zero-order valence-electron chi connectivity index (χ0n) is 4.44. The fourth-order valence-electron chi connectivity index (χ4n) is 0.417. The van der Waals surface area contributed by atoms with Crippen LogP contribution in [0.3, 0.4) is 0 Å². The molecule has 5 heteroatoms. The highest BCUT2D eigenvalue weighted by Gasteiger charge is 2.38. The Labute approximate surface area is 48.0 Å². The average Bonchev–Trinajstić information content (AvgIpc) is 2.17. The molecule has 1 saturated heterocycles. The van der Waals surface area contributed by atoms with Crippen LogP contribution in [0.25, 0.3) is 0 Å². The zero-order valence-corrected chi connectivity index (χ0v) is 5.34. The Kier molecular flexibility index (Phi) is 1.58. The van der Waals surface area contributed by atoms with Gasteiger partial charge in [-0.2, -0.15) is 0 Å². The van der Waals surface area contributed by atoms with Crippen molar-refractivity contribution in [3.05, 3.63) is 0 Å². The van der Waals surface area contributed by atoms with Crippen molar-refractivity contribution in [1.82, 2.24) is 5.06 Å². The van der Waals surface area contributed by atoms with Crippen LogP contribution >= 0.6 is 8.25 Å². The van der Waals surface area contributed by atoms with E-state index >= 15 is 0 Å². The van der Waals surface area contributed by atoms with Crippen molar-refractivity contribution in [2.45, 2.75) is 13.0 Å². The fourth-order valence-corrected chi connectivity index (χ4v) is 0.824. The predicted octanol–water partition coefficient (Wildman–Crippen LogP) is 0.272. The fraction of sp³-hybridized carbons (Fsp3) is 1.00. The maximum atomic E-state index is 9.88. The van der Waals surface area contributed by atoms with Crippen LogP contribution in [-0.4, -0.2) is 22.5 Å². The monoisotopic (exact) mass is 136 g/mol. The Morgan fingerprint density at radius 3 is 2.62 bits per heavy atom. The highest BCUT2D eigenvalue weighted by atomic mass is 31.1. The number of nitrogens with zero attached hydrogens (tertiary/aromatic N) is 1. The first-order valence-electron chi connectivity index (χ1n) is 2.31. The Morgan fingerprint density at radius 2 is 2.50 bits per heavy atom. The van der Waals surface area contributed by atoms with Crippen LogP contribution in [0.2, 0.25) is 0 Å². The molecule has 3 unspecified atom stereocenters. The summed E-state index contributed by atoms with van der Waals surface area (Å²) in [7, 11) is -2.43. The van der Waals surface area contributed by atoms with Crippen molar-refractivity contribution in [3.8, 4) is 0 Å². The summed E-state index contributed by atoms with van der Waals surface area (Å²) < 4.78 is 14.3. The summed E-state index contributed by atoms with van der Waals surface area (Å²) in [5.41, 5.74) is 0. The topological polar surface area (TPSA) is 49.5 Å². The number of rotatable bonds is 2. The Bertz CT molecular complexity index is 117. The lowest BCUT2D eigenvalue weighted by atomic mass is 10.6. The molecule has 0 amide bonds. The molecule has 0 aromatic rings. The molecular formula is C3H7NO3P+. The van der Waals surface area contributed by atoms with Crippen LogP contribution in [0.15, 0.2) is 0 Å². The minimum Gasteiger partial charge on any atom is -0.132 e. The SMILES string of the molecule is CC1CN1O[P+](=O)O. The van der Waals surface area contributed by atoms with E-state index in [-0.39, 0.29) is 0 Å². The maximum Gasteiger partial charge on any atom is 0.713 e. The quantitative estimate of drug-likeness (QED) is 0.437. The van der Waals surface area contributed by atoms with Crippen molar-refractivity contribution >= 4 is 8.25 Å². The standard InChI is InChI=1S/C3H6NO3P/c1-3-2-4(3)7-8(5)6/h3H,2H2,1H3/p+1. The van der Waals surface area contributed by atoms with Crippen LogP contribution in [0.5, 0.6) is 0 Å². The van der Waals surface area contributed by atoms with Crippen molar-refractivity contribution in [2.24, 2.45) is 0 Å². The van der Waals surface area contributed by atoms with Crippen molar-refractivity contribution in [2.75, 3.05) is 6.54 Å². The highest BCUT2D eigenvalue weighted by Crippen LogP contribution is 2.26. The van der Waals surface area contributed by atoms with Gasteiger partial charge in [0.15, 0.2) is 0 Å². The summed E-state index contributed by atoms with van der Waals surface area (Å²) in [6.45, 7) is 2.68. The molecule has 0 aliphatic carbocycles. The second-order valence-electron chi connectivity index (χ2n) is 1.77. The van der Waals surface area contributed by atoms with Gasteiger partial charge >= 0.3 is 8.25 Å². The lowest BCUT2D eigenvalue weighted by Crippen LogP contribution is -1.92. The predicted molar refractivity (Wildman–Crippen MR) is 27.1 cm³/mol. The van der Waals surface area contributed by atoms with E-state index in [1.807, 2.05) is 6.92 Å². The second kappa shape index (κ2) is 2.07. The molecule has 1 heterocycles. The Balaban J connectivity index is 2.14. The number of hydrogen-bond donors (Lipinski definition) is 1. The summed E-state index contributed by atoms with van der Waals surface area (Å²) in [5, 5.41) is 1.46. The van der Waals surface area contributed by atoms with Gasteiger partial charge in [-0.25, -0.2) is 0 Å². The molecule has 0 spiro atoms. The largest absolute Gasteiger partial charge is 0.713 e. The Morgan fingerprint density at radius 1 is 2.00 bits per heavy atom. The van der Waals surface area contributed by atoms with E-state index < -0.39 is 8.25 Å². The van der Waals surface area contributed by atoms with Gasteiger partial charge in [-0.3, -0.25) is 0 Å². The molecule has 46 valence electrons. The van der Waals surface area contributed by atoms with Gasteiger partial charge in [-0.15, -0.1) is 9.96 Å². The van der Waals surface area contributed by atoms with Crippen LogP contribution < -0.4 is 0 Å². The molecule has 0 radical (unpaired) electrons. The van der Waals surface area contributed by atoms with E-state index in [1.54, 1.807) is 0 Å². The van der Waals surface area contributed by atoms with Crippen molar-refractivity contribution in [1.29, 1.82) is 0 Å². The van der Waals surface area contributed by atoms with Crippen LogP contribution in [-0.2, 0) is 9.19 Å². The molecule has 0 saturated carbocycles. The summed E-state index contributed by atoms with van der Waals surface area (Å²) in [6, 6.07) is 0.320. The Hall–Kier alpha value is -0.0200. The molecule has 8 heavy (non-hydrogen) atoms. The number of hydrogen-bond acceptors (Lipinski definition) is 3. The third-order valence-corrected chi connectivity index (χ3v) is 1.33. The molecule has 1 N–H and O–H groups in total. The lowest BCUT2D eigenvalue weighted by molar-refractivity contribution is 0.0510. The first-order chi connectivity index (χ1) is 3.70. The highest BCUT2D eigenvalue weighted by molar-refractivity contribution is 7.32. The lowest BCUT2D eigenvalue weighted by Gasteiger charge is -1.80. The van der Waals surface area contributed by atoms with Crippen LogP contribution in [0.1, 0.15) is 6.92 Å². The summed E-state index contributed by atoms with van der Waals surface area (Å²) in [5.74, 6) is 0. The molecular weight excluding hydrogens is 129 g/mol. The summed E-state index contributed by atoms with van der Waals surface area (Å²) >= 11 is 0. The number of hydroxylamine groups is 2. The third-order valence-electron chi connectivity index (χ3n) is 0.977. The van der Waals surface area contributed by atoms with E-state index in [1.165, 1.54) is 5.06 Å². The van der Waals surface area contributed by atoms with Gasteiger partial charge in [0.2, 0.25) is 0 Å². The van der Waals surface area contributed by atoms with Gasteiger partial charge in [0.25, 0.3) is 0 Å². The van der Waals surface area contributed by atoms with Crippen LogP contribution in [0.4, 0.5) is 0 Å². The van der Waals surface area contributed by atoms with Gasteiger partial charge < -0.3 is 0 Å². The first kappa shape index (κ1) is 6.11. The van der Waals surface area contributed by atoms with Gasteiger partial charge in [-0.05, 0) is 11.5 Å². The third kappa shape index (κ3) is 1.49. The van der Waals surface area contributed by atoms with E-state index in [0.29, 0.717) is 6.04 Å². The second-order valence-corrected chi connectivity index (χ2v) is 2.41. The first-order valence-corrected chi connectivity index (χ1v) is 3.44. The van der Waals surface area contributed by atoms with Gasteiger partial charge in [-0.1, -0.05) is 0 Å². The molecule has 0 aromatic heterocycles. The van der Waals surface area contributed by atoms with Gasteiger partial charge in [0.05, 0.1) is 6.04 Å². The van der Waals surface area contributed by atoms with E-state index in [4.69, 9.17) is 4.89 Å². The molecule has 3 atom stereocenters. The van der Waals surface area contributed by atoms with E-state index in [0.717, 1.165) is 6.54 Å². The molecule has 1 rings (SSSR count).